The molecule has 3 rings (SSSR count). The Bertz CT molecular complexity index is 1010. The van der Waals surface area contributed by atoms with Gasteiger partial charge in [-0.2, -0.15) is 0 Å². The summed E-state index contributed by atoms with van der Waals surface area (Å²) in [6, 6.07) is 13.1. The van der Waals surface area contributed by atoms with Crippen molar-refractivity contribution in [3.8, 4) is 11.5 Å². The van der Waals surface area contributed by atoms with Gasteiger partial charge in [-0.3, -0.25) is 9.59 Å². The number of hydrogen-bond acceptors (Lipinski definition) is 6. The minimum atomic E-state index is -3.56. The fourth-order valence-electron chi connectivity index (χ4n) is 3.00. The van der Waals surface area contributed by atoms with Crippen LogP contribution < -0.4 is 14.8 Å². The van der Waals surface area contributed by atoms with Crippen molar-refractivity contribution in [3.05, 3.63) is 48.5 Å². The molecule has 0 atom stereocenters. The van der Waals surface area contributed by atoms with Crippen molar-refractivity contribution in [1.29, 1.82) is 0 Å². The van der Waals surface area contributed by atoms with E-state index in [-0.39, 0.29) is 29.5 Å². The van der Waals surface area contributed by atoms with Gasteiger partial charge in [-0.1, -0.05) is 18.2 Å². The van der Waals surface area contributed by atoms with Crippen LogP contribution in [0.3, 0.4) is 0 Å². The van der Waals surface area contributed by atoms with Crippen LogP contribution >= 0.6 is 0 Å². The van der Waals surface area contributed by atoms with Crippen LogP contribution in [0.25, 0.3) is 0 Å². The van der Waals surface area contributed by atoms with Gasteiger partial charge >= 0.3 is 0 Å². The minimum Gasteiger partial charge on any atom is -0.486 e. The number of fused-ring (bicyclic) bond motifs is 1. The van der Waals surface area contributed by atoms with Crippen LogP contribution in [0.5, 0.6) is 11.5 Å². The predicted molar refractivity (Wildman–Crippen MR) is 111 cm³/mol. The third kappa shape index (κ3) is 5.50. The average Bonchev–Trinajstić information content (AvgIpc) is 2.76. The second-order valence-electron chi connectivity index (χ2n) is 6.70. The van der Waals surface area contributed by atoms with E-state index in [0.29, 0.717) is 36.9 Å². The quantitative estimate of drug-likeness (QED) is 0.686. The number of carbonyl (C=O) groups is 2. The molecular formula is C21H24N2O6S. The molecule has 0 fully saturated rings. The zero-order valence-corrected chi connectivity index (χ0v) is 17.5. The number of likely N-dealkylation sites (N-methyl/N-ethyl adjacent to an activating group) is 1. The van der Waals surface area contributed by atoms with Crippen LogP contribution in [0.4, 0.5) is 5.69 Å². The van der Waals surface area contributed by atoms with Gasteiger partial charge in [0.2, 0.25) is 11.8 Å². The van der Waals surface area contributed by atoms with Crippen molar-refractivity contribution in [2.45, 2.75) is 18.2 Å². The molecule has 0 saturated carbocycles. The first-order valence-electron chi connectivity index (χ1n) is 9.64. The third-order valence-electron chi connectivity index (χ3n) is 4.58. The summed E-state index contributed by atoms with van der Waals surface area (Å²) in [5, 5.41) is 2.72. The molecular weight excluding hydrogens is 408 g/mol. The average molecular weight is 432 g/mol. The molecule has 2 aromatic rings. The Morgan fingerprint density at radius 1 is 1.03 bits per heavy atom. The van der Waals surface area contributed by atoms with Gasteiger partial charge in [0.1, 0.15) is 13.2 Å². The molecule has 2 aromatic carbocycles. The van der Waals surface area contributed by atoms with Gasteiger partial charge < -0.3 is 19.7 Å². The van der Waals surface area contributed by atoms with Crippen molar-refractivity contribution in [2.75, 3.05) is 37.4 Å². The van der Waals surface area contributed by atoms with Crippen molar-refractivity contribution in [2.24, 2.45) is 0 Å². The van der Waals surface area contributed by atoms with E-state index in [2.05, 4.69) is 5.32 Å². The zero-order chi connectivity index (χ0) is 21.6. The van der Waals surface area contributed by atoms with E-state index in [0.717, 1.165) is 0 Å². The molecule has 0 bridgehead atoms. The molecule has 0 spiro atoms. The highest BCUT2D eigenvalue weighted by Crippen LogP contribution is 2.32. The summed E-state index contributed by atoms with van der Waals surface area (Å²) in [5.41, 5.74) is 0.527. The first kappa shape index (κ1) is 21.6. The molecule has 0 aliphatic carbocycles. The monoisotopic (exact) mass is 432 g/mol. The van der Waals surface area contributed by atoms with Gasteiger partial charge in [0.05, 0.1) is 17.2 Å². The number of amides is 2. The molecule has 1 aliphatic rings. The lowest BCUT2D eigenvalue weighted by Crippen LogP contribution is -2.38. The van der Waals surface area contributed by atoms with E-state index >= 15 is 0 Å². The maximum absolute atomic E-state index is 12.5. The first-order chi connectivity index (χ1) is 14.4. The number of anilines is 1. The van der Waals surface area contributed by atoms with E-state index < -0.39 is 15.7 Å². The second-order valence-corrected chi connectivity index (χ2v) is 8.81. The highest BCUT2D eigenvalue weighted by molar-refractivity contribution is 7.91. The smallest absolute Gasteiger partial charge is 0.243 e. The summed E-state index contributed by atoms with van der Waals surface area (Å²) >= 11 is 0. The molecule has 1 heterocycles. The molecule has 160 valence electrons. The third-order valence-corrected chi connectivity index (χ3v) is 6.31. The highest BCUT2D eigenvalue weighted by Gasteiger charge is 2.21. The molecule has 1 N–H and O–H groups in total. The normalized spacial score (nSPS) is 12.8. The van der Waals surface area contributed by atoms with Crippen LogP contribution in [-0.4, -0.2) is 57.2 Å². The molecule has 8 nitrogen and oxygen atoms in total. The zero-order valence-electron chi connectivity index (χ0n) is 16.7. The molecule has 30 heavy (non-hydrogen) atoms. The van der Waals surface area contributed by atoms with Gasteiger partial charge in [0.15, 0.2) is 21.3 Å². The number of carbonyl (C=O) groups excluding carboxylic acids is 2. The van der Waals surface area contributed by atoms with Crippen molar-refractivity contribution >= 4 is 27.3 Å². The Balaban J connectivity index is 1.55. The Labute approximate surface area is 175 Å². The Morgan fingerprint density at radius 3 is 2.43 bits per heavy atom. The van der Waals surface area contributed by atoms with E-state index in [1.54, 1.807) is 43.3 Å². The van der Waals surface area contributed by atoms with Gasteiger partial charge in [-0.05, 0) is 31.2 Å². The lowest BCUT2D eigenvalue weighted by molar-refractivity contribution is -0.134. The number of benzene rings is 2. The van der Waals surface area contributed by atoms with E-state index in [4.69, 9.17) is 9.47 Å². The fourth-order valence-corrected chi connectivity index (χ4v) is 4.25. The molecule has 9 heteroatoms. The van der Waals surface area contributed by atoms with Crippen molar-refractivity contribution in [3.63, 3.8) is 0 Å². The highest BCUT2D eigenvalue weighted by atomic mass is 32.2. The Morgan fingerprint density at radius 2 is 1.73 bits per heavy atom. The minimum absolute atomic E-state index is 0.171. The Kier molecular flexibility index (Phi) is 6.94. The maximum Gasteiger partial charge on any atom is 0.243 e. The standard InChI is InChI=1S/C21H24N2O6S/c1-2-23(21(25)10-13-30(26,27)17-6-4-3-5-7-17)15-20(24)22-16-8-9-18-19(14-16)29-12-11-28-18/h3-9,14H,2,10-13,15H2,1H3,(H,22,24). The molecule has 1 aliphatic heterocycles. The van der Waals surface area contributed by atoms with Gasteiger partial charge in [-0.25, -0.2) is 8.42 Å². The van der Waals surface area contributed by atoms with E-state index in [9.17, 15) is 18.0 Å². The van der Waals surface area contributed by atoms with Crippen LogP contribution in [0, 0.1) is 0 Å². The number of nitrogens with zero attached hydrogens (tertiary/aromatic N) is 1. The molecule has 2 amide bonds. The van der Waals surface area contributed by atoms with Gasteiger partial charge in [0.25, 0.3) is 0 Å². The lowest BCUT2D eigenvalue weighted by Gasteiger charge is -2.21. The van der Waals surface area contributed by atoms with Crippen LogP contribution in [0.15, 0.2) is 53.4 Å². The molecule has 0 radical (unpaired) electrons. The summed E-state index contributed by atoms with van der Waals surface area (Å²) in [5.74, 6) is 0.0794. The number of sulfone groups is 1. The topological polar surface area (TPSA) is 102 Å². The van der Waals surface area contributed by atoms with Gasteiger partial charge in [0, 0.05) is 24.7 Å². The van der Waals surface area contributed by atoms with Gasteiger partial charge in [-0.15, -0.1) is 0 Å². The summed E-state index contributed by atoms with van der Waals surface area (Å²) in [6.07, 6.45) is -0.192. The van der Waals surface area contributed by atoms with E-state index in [1.807, 2.05) is 0 Å². The van der Waals surface area contributed by atoms with E-state index in [1.165, 1.54) is 17.0 Å². The van der Waals surface area contributed by atoms with Crippen LogP contribution in [-0.2, 0) is 19.4 Å². The second kappa shape index (κ2) is 9.62. The van der Waals surface area contributed by atoms with Crippen LogP contribution in [0.1, 0.15) is 13.3 Å². The molecule has 0 aromatic heterocycles. The summed E-state index contributed by atoms with van der Waals surface area (Å²) < 4.78 is 35.6. The lowest BCUT2D eigenvalue weighted by atomic mass is 10.2. The summed E-state index contributed by atoms with van der Waals surface area (Å²) in [6.45, 7) is 2.77. The van der Waals surface area contributed by atoms with Crippen molar-refractivity contribution < 1.29 is 27.5 Å². The number of hydrogen-bond donors (Lipinski definition) is 1. The predicted octanol–water partition coefficient (Wildman–Crippen LogP) is 2.11. The number of rotatable bonds is 8. The maximum atomic E-state index is 12.5. The van der Waals surface area contributed by atoms with Crippen molar-refractivity contribution in [1.82, 2.24) is 4.90 Å². The first-order valence-corrected chi connectivity index (χ1v) is 11.3. The SMILES string of the molecule is CCN(CC(=O)Nc1ccc2c(c1)OCCO2)C(=O)CCS(=O)(=O)c1ccccc1. The summed E-state index contributed by atoms with van der Waals surface area (Å²) in [4.78, 5) is 26.4. The largest absolute Gasteiger partial charge is 0.486 e. The van der Waals surface area contributed by atoms with Crippen LogP contribution in [0.2, 0.25) is 0 Å². The molecule has 0 saturated heterocycles. The number of nitrogens with one attached hydrogen (secondary N) is 1. The fraction of sp³-hybridized carbons (Fsp3) is 0.333. The Hall–Kier alpha value is -3.07. The number of ether oxygens (including phenoxy) is 2. The summed E-state index contributed by atoms with van der Waals surface area (Å²) in [7, 11) is -3.56. The molecule has 0 unspecified atom stereocenters.